The minimum atomic E-state index is -0.364. The second-order valence-corrected chi connectivity index (χ2v) is 4.22. The van der Waals surface area contributed by atoms with Gasteiger partial charge < -0.3 is 10.1 Å². The van der Waals surface area contributed by atoms with Crippen molar-refractivity contribution in [1.82, 2.24) is 5.32 Å². The molecule has 0 bridgehead atoms. The number of rotatable bonds is 3. The Hall–Kier alpha value is -1.84. The second-order valence-electron chi connectivity index (χ2n) is 4.22. The molecule has 4 heteroatoms. The molecule has 1 saturated carbocycles. The highest BCUT2D eigenvalue weighted by Gasteiger charge is 2.19. The van der Waals surface area contributed by atoms with Crippen molar-refractivity contribution in [3.8, 4) is 5.75 Å². The van der Waals surface area contributed by atoms with E-state index in [4.69, 9.17) is 4.74 Å². The lowest BCUT2D eigenvalue weighted by Gasteiger charge is -2.26. The van der Waals surface area contributed by atoms with Crippen molar-refractivity contribution in [2.24, 2.45) is 0 Å². The van der Waals surface area contributed by atoms with Gasteiger partial charge in [-0.3, -0.25) is 9.59 Å². The van der Waals surface area contributed by atoms with Gasteiger partial charge in [-0.05, 0) is 43.5 Å². The van der Waals surface area contributed by atoms with Crippen molar-refractivity contribution >= 4 is 11.9 Å². The highest BCUT2D eigenvalue weighted by atomic mass is 16.5. The molecule has 0 spiro atoms. The summed E-state index contributed by atoms with van der Waals surface area (Å²) in [4.78, 5) is 22.5. The Balaban J connectivity index is 1.96. The summed E-state index contributed by atoms with van der Waals surface area (Å²) in [5, 5.41) is 2.95. The van der Waals surface area contributed by atoms with E-state index in [1.54, 1.807) is 24.3 Å². The largest absolute Gasteiger partial charge is 0.427 e. The van der Waals surface area contributed by atoms with E-state index in [1.807, 2.05) is 0 Å². The molecule has 0 unspecified atom stereocenters. The lowest BCUT2D eigenvalue weighted by atomic mass is 9.93. The first kappa shape index (κ1) is 11.6. The van der Waals surface area contributed by atoms with Crippen LogP contribution in [0.25, 0.3) is 0 Å². The highest BCUT2D eigenvalue weighted by Crippen LogP contribution is 2.19. The van der Waals surface area contributed by atoms with E-state index in [-0.39, 0.29) is 11.9 Å². The minimum absolute atomic E-state index is 0.0657. The van der Waals surface area contributed by atoms with Gasteiger partial charge in [0.05, 0.1) is 0 Å². The van der Waals surface area contributed by atoms with E-state index < -0.39 is 0 Å². The van der Waals surface area contributed by atoms with Crippen molar-refractivity contribution in [2.75, 3.05) is 0 Å². The maximum atomic E-state index is 11.8. The van der Waals surface area contributed by atoms with Crippen LogP contribution in [-0.2, 0) is 4.79 Å². The predicted octanol–water partition coefficient (Wildman–Crippen LogP) is 1.89. The summed E-state index contributed by atoms with van der Waals surface area (Å²) in [6.45, 7) is 1.34. The Labute approximate surface area is 100.0 Å². The van der Waals surface area contributed by atoms with E-state index in [2.05, 4.69) is 5.32 Å². The molecule has 0 radical (unpaired) electrons. The molecule has 1 aliphatic rings. The van der Waals surface area contributed by atoms with Crippen molar-refractivity contribution in [3.05, 3.63) is 29.8 Å². The number of carbonyl (C=O) groups is 2. The fraction of sp³-hybridized carbons (Fsp3) is 0.385. The molecule has 90 valence electrons. The molecule has 0 atom stereocenters. The summed E-state index contributed by atoms with van der Waals surface area (Å²) < 4.78 is 4.89. The van der Waals surface area contributed by atoms with Gasteiger partial charge in [0.15, 0.2) is 0 Å². The first-order valence-corrected chi connectivity index (χ1v) is 5.74. The van der Waals surface area contributed by atoms with Gasteiger partial charge in [0.1, 0.15) is 5.75 Å². The molecule has 0 aromatic heterocycles. The molecule has 1 aromatic carbocycles. The Morgan fingerprint density at radius 3 is 2.35 bits per heavy atom. The van der Waals surface area contributed by atoms with E-state index >= 15 is 0 Å². The molecular weight excluding hydrogens is 218 g/mol. The fourth-order valence-corrected chi connectivity index (χ4v) is 1.66. The lowest BCUT2D eigenvalue weighted by Crippen LogP contribution is -2.39. The van der Waals surface area contributed by atoms with Crippen LogP contribution in [-0.4, -0.2) is 17.9 Å². The average molecular weight is 233 g/mol. The van der Waals surface area contributed by atoms with Crippen LogP contribution in [0, 0.1) is 0 Å². The zero-order chi connectivity index (χ0) is 12.3. The topological polar surface area (TPSA) is 55.4 Å². The first-order valence-electron chi connectivity index (χ1n) is 5.74. The van der Waals surface area contributed by atoms with Crippen LogP contribution in [0.5, 0.6) is 5.75 Å². The molecule has 1 aliphatic carbocycles. The van der Waals surface area contributed by atoms with Crippen LogP contribution in [0.2, 0.25) is 0 Å². The summed E-state index contributed by atoms with van der Waals surface area (Å²) in [5.41, 5.74) is 0.591. The van der Waals surface area contributed by atoms with Crippen LogP contribution in [0.1, 0.15) is 36.5 Å². The van der Waals surface area contributed by atoms with Crippen LogP contribution >= 0.6 is 0 Å². The first-order chi connectivity index (χ1) is 8.15. The summed E-state index contributed by atoms with van der Waals surface area (Å²) >= 11 is 0. The second kappa shape index (κ2) is 4.99. The van der Waals surface area contributed by atoms with Crippen molar-refractivity contribution < 1.29 is 14.3 Å². The Morgan fingerprint density at radius 2 is 1.88 bits per heavy atom. The molecule has 0 aliphatic heterocycles. The van der Waals surface area contributed by atoms with Gasteiger partial charge in [0.2, 0.25) is 0 Å². The molecule has 1 aromatic rings. The van der Waals surface area contributed by atoms with E-state index in [0.29, 0.717) is 17.4 Å². The Kier molecular flexibility index (Phi) is 3.42. The lowest BCUT2D eigenvalue weighted by molar-refractivity contribution is -0.131. The fourth-order valence-electron chi connectivity index (χ4n) is 1.66. The van der Waals surface area contributed by atoms with Gasteiger partial charge in [-0.1, -0.05) is 0 Å². The SMILES string of the molecule is CC(=O)Oc1ccc(C(=O)NC2CCC2)cc1. The predicted molar refractivity (Wildman–Crippen MR) is 62.9 cm³/mol. The minimum Gasteiger partial charge on any atom is -0.427 e. The molecule has 2 rings (SSSR count). The third-order valence-corrected chi connectivity index (χ3v) is 2.82. The van der Waals surface area contributed by atoms with E-state index in [1.165, 1.54) is 13.3 Å². The van der Waals surface area contributed by atoms with Crippen LogP contribution in [0.3, 0.4) is 0 Å². The number of carbonyl (C=O) groups excluding carboxylic acids is 2. The molecular formula is C13H15NO3. The number of esters is 1. The van der Waals surface area contributed by atoms with Gasteiger partial charge in [0.25, 0.3) is 5.91 Å². The number of hydrogen-bond donors (Lipinski definition) is 1. The number of ether oxygens (including phenoxy) is 1. The smallest absolute Gasteiger partial charge is 0.308 e. The Bertz CT molecular complexity index is 421. The third-order valence-electron chi connectivity index (χ3n) is 2.82. The summed E-state index contributed by atoms with van der Waals surface area (Å²) in [5.74, 6) is 0.0263. The van der Waals surface area contributed by atoms with Crippen LogP contribution in [0.4, 0.5) is 0 Å². The molecule has 17 heavy (non-hydrogen) atoms. The molecule has 0 saturated heterocycles. The zero-order valence-corrected chi connectivity index (χ0v) is 9.73. The average Bonchev–Trinajstić information content (AvgIpc) is 2.23. The molecule has 1 N–H and O–H groups in total. The monoisotopic (exact) mass is 233 g/mol. The number of amides is 1. The number of benzene rings is 1. The Morgan fingerprint density at radius 1 is 1.24 bits per heavy atom. The quantitative estimate of drug-likeness (QED) is 0.640. The summed E-state index contributed by atoms with van der Waals surface area (Å²) in [7, 11) is 0. The molecule has 0 heterocycles. The van der Waals surface area contributed by atoms with Crippen molar-refractivity contribution in [2.45, 2.75) is 32.2 Å². The summed E-state index contributed by atoms with van der Waals surface area (Å²) in [6.07, 6.45) is 3.32. The standard InChI is InChI=1S/C13H15NO3/c1-9(15)17-12-7-5-10(6-8-12)13(16)14-11-3-2-4-11/h5-8,11H,2-4H2,1H3,(H,14,16). The van der Waals surface area contributed by atoms with Crippen LogP contribution < -0.4 is 10.1 Å². The van der Waals surface area contributed by atoms with E-state index in [0.717, 1.165) is 12.8 Å². The maximum absolute atomic E-state index is 11.8. The molecule has 4 nitrogen and oxygen atoms in total. The van der Waals surface area contributed by atoms with Crippen LogP contribution in [0.15, 0.2) is 24.3 Å². The van der Waals surface area contributed by atoms with Gasteiger partial charge in [-0.15, -0.1) is 0 Å². The maximum Gasteiger partial charge on any atom is 0.308 e. The van der Waals surface area contributed by atoms with E-state index in [9.17, 15) is 9.59 Å². The molecule has 1 fully saturated rings. The van der Waals surface area contributed by atoms with Gasteiger partial charge >= 0.3 is 5.97 Å². The van der Waals surface area contributed by atoms with Gasteiger partial charge in [-0.25, -0.2) is 0 Å². The van der Waals surface area contributed by atoms with Crippen molar-refractivity contribution in [3.63, 3.8) is 0 Å². The highest BCUT2D eigenvalue weighted by molar-refractivity contribution is 5.94. The van der Waals surface area contributed by atoms with Crippen molar-refractivity contribution in [1.29, 1.82) is 0 Å². The van der Waals surface area contributed by atoms with Gasteiger partial charge in [-0.2, -0.15) is 0 Å². The zero-order valence-electron chi connectivity index (χ0n) is 9.73. The van der Waals surface area contributed by atoms with Gasteiger partial charge in [0, 0.05) is 18.5 Å². The number of nitrogens with one attached hydrogen (secondary N) is 1. The third kappa shape index (κ3) is 3.06. The molecule has 1 amide bonds. The summed E-state index contributed by atoms with van der Waals surface area (Å²) in [6, 6.07) is 6.89. The number of hydrogen-bond acceptors (Lipinski definition) is 3. The normalized spacial score (nSPS) is 14.9.